The Morgan fingerprint density at radius 1 is 0.857 bits per heavy atom. The molecule has 35 heavy (non-hydrogen) atoms. The van der Waals surface area contributed by atoms with E-state index in [1.165, 1.54) is 5.56 Å². The van der Waals surface area contributed by atoms with Crippen molar-refractivity contribution in [3.05, 3.63) is 58.1 Å². The second kappa shape index (κ2) is 11.6. The van der Waals surface area contributed by atoms with E-state index >= 15 is 0 Å². The molecule has 0 saturated carbocycles. The predicted octanol–water partition coefficient (Wildman–Crippen LogP) is 5.19. The first kappa shape index (κ1) is 28.2. The van der Waals surface area contributed by atoms with Crippen molar-refractivity contribution in [3.63, 3.8) is 0 Å². The Hall–Kier alpha value is -3.06. The van der Waals surface area contributed by atoms with Crippen LogP contribution in [0.2, 0.25) is 5.02 Å². The average molecular weight is 502 g/mol. The molecule has 0 bridgehead atoms. The standard InChI is InChI=1S/C27H36ClN3O4/c1-17-20(28)9-8-10-21(17)29-23(32)13-14-24(33)30-31-25(34)16-35-22-12-11-18(26(2,3)4)15-19(22)27(5,6)7/h8-12,15H,13-14,16H2,1-7H3,(H,29,32)(H,30,33)(H,31,34). The minimum absolute atomic E-state index is 0.00986. The first-order chi connectivity index (χ1) is 16.2. The van der Waals surface area contributed by atoms with Crippen molar-refractivity contribution in [2.45, 2.75) is 72.1 Å². The summed E-state index contributed by atoms with van der Waals surface area (Å²) < 4.78 is 5.77. The average Bonchev–Trinajstić information content (AvgIpc) is 2.76. The van der Waals surface area contributed by atoms with Crippen LogP contribution in [0.3, 0.4) is 0 Å². The zero-order valence-electron chi connectivity index (χ0n) is 21.6. The number of rotatable bonds is 7. The lowest BCUT2D eigenvalue weighted by Gasteiger charge is -2.27. The molecule has 0 aliphatic heterocycles. The highest BCUT2D eigenvalue weighted by Gasteiger charge is 2.23. The third kappa shape index (κ3) is 8.58. The second-order valence-electron chi connectivity index (χ2n) is 10.6. The fourth-order valence-corrected chi connectivity index (χ4v) is 3.45. The highest BCUT2D eigenvalue weighted by molar-refractivity contribution is 6.31. The summed E-state index contributed by atoms with van der Waals surface area (Å²) in [6, 6.07) is 11.2. The van der Waals surface area contributed by atoms with E-state index in [1.807, 2.05) is 12.1 Å². The van der Waals surface area contributed by atoms with Gasteiger partial charge in [0.15, 0.2) is 6.61 Å². The number of ether oxygens (including phenoxy) is 1. The van der Waals surface area contributed by atoms with Gasteiger partial charge in [-0.1, -0.05) is 71.3 Å². The Bertz CT molecular complexity index is 1080. The minimum Gasteiger partial charge on any atom is -0.483 e. The minimum atomic E-state index is -0.503. The molecule has 2 rings (SSSR count). The molecule has 0 spiro atoms. The summed E-state index contributed by atoms with van der Waals surface area (Å²) in [6.45, 7) is 14.2. The number of hydrogen-bond acceptors (Lipinski definition) is 4. The normalized spacial score (nSPS) is 11.5. The zero-order chi connectivity index (χ0) is 26.4. The van der Waals surface area contributed by atoms with Crippen LogP contribution >= 0.6 is 11.6 Å². The summed E-state index contributed by atoms with van der Waals surface area (Å²) in [6.07, 6.45) is -0.131. The number of carbonyl (C=O) groups is 3. The molecule has 0 aromatic heterocycles. The maximum Gasteiger partial charge on any atom is 0.276 e. The molecule has 2 aromatic carbocycles. The van der Waals surface area contributed by atoms with Gasteiger partial charge >= 0.3 is 0 Å². The molecule has 0 unspecified atom stereocenters. The summed E-state index contributed by atoms with van der Waals surface area (Å²) >= 11 is 6.05. The highest BCUT2D eigenvalue weighted by atomic mass is 35.5. The Morgan fingerprint density at radius 3 is 2.11 bits per heavy atom. The first-order valence-electron chi connectivity index (χ1n) is 11.6. The SMILES string of the molecule is Cc1c(Cl)cccc1NC(=O)CCC(=O)NNC(=O)COc1ccc(C(C)(C)C)cc1C(C)(C)C. The molecule has 2 aromatic rings. The molecule has 0 atom stereocenters. The van der Waals surface area contributed by atoms with Crippen molar-refractivity contribution in [2.24, 2.45) is 0 Å². The molecule has 8 heteroatoms. The molecule has 0 aliphatic carbocycles. The lowest BCUT2D eigenvalue weighted by atomic mass is 9.80. The summed E-state index contributed by atoms with van der Waals surface area (Å²) in [5, 5.41) is 3.28. The van der Waals surface area contributed by atoms with Gasteiger partial charge in [-0.05, 0) is 52.6 Å². The predicted molar refractivity (Wildman–Crippen MR) is 140 cm³/mol. The number of anilines is 1. The summed E-state index contributed by atoms with van der Waals surface area (Å²) in [4.78, 5) is 36.4. The smallest absolute Gasteiger partial charge is 0.276 e. The fraction of sp³-hybridized carbons (Fsp3) is 0.444. The van der Waals surface area contributed by atoms with E-state index < -0.39 is 11.8 Å². The Morgan fingerprint density at radius 2 is 1.49 bits per heavy atom. The lowest BCUT2D eigenvalue weighted by Crippen LogP contribution is -2.44. The van der Waals surface area contributed by atoms with Crippen LogP contribution in [0.4, 0.5) is 5.69 Å². The third-order valence-electron chi connectivity index (χ3n) is 5.47. The zero-order valence-corrected chi connectivity index (χ0v) is 22.4. The van der Waals surface area contributed by atoms with Gasteiger partial charge in [0.2, 0.25) is 11.8 Å². The van der Waals surface area contributed by atoms with Crippen molar-refractivity contribution in [1.82, 2.24) is 10.9 Å². The van der Waals surface area contributed by atoms with Gasteiger partial charge in [-0.2, -0.15) is 0 Å². The molecular formula is C27H36ClN3O4. The maximum absolute atomic E-state index is 12.2. The van der Waals surface area contributed by atoms with Crippen LogP contribution in [0.5, 0.6) is 5.75 Å². The molecular weight excluding hydrogens is 466 g/mol. The van der Waals surface area contributed by atoms with Crippen molar-refractivity contribution >= 4 is 35.0 Å². The lowest BCUT2D eigenvalue weighted by molar-refractivity contribution is -0.130. The number of hydrazine groups is 1. The van der Waals surface area contributed by atoms with Crippen LogP contribution in [-0.4, -0.2) is 24.3 Å². The van der Waals surface area contributed by atoms with Crippen LogP contribution in [-0.2, 0) is 25.2 Å². The molecule has 7 nitrogen and oxygen atoms in total. The van der Waals surface area contributed by atoms with E-state index in [9.17, 15) is 14.4 Å². The number of halogens is 1. The van der Waals surface area contributed by atoms with Gasteiger partial charge in [0.25, 0.3) is 5.91 Å². The summed E-state index contributed by atoms with van der Waals surface area (Å²) in [7, 11) is 0. The van der Waals surface area contributed by atoms with Crippen LogP contribution in [0.25, 0.3) is 0 Å². The summed E-state index contributed by atoms with van der Waals surface area (Å²) in [5.41, 5.74) is 7.98. The largest absolute Gasteiger partial charge is 0.483 e. The van der Waals surface area contributed by atoms with E-state index in [0.717, 1.165) is 11.1 Å². The van der Waals surface area contributed by atoms with Gasteiger partial charge in [-0.3, -0.25) is 25.2 Å². The van der Waals surface area contributed by atoms with Gasteiger partial charge in [0.1, 0.15) is 5.75 Å². The number of hydrogen-bond donors (Lipinski definition) is 3. The number of carbonyl (C=O) groups excluding carboxylic acids is 3. The molecule has 0 fully saturated rings. The first-order valence-corrected chi connectivity index (χ1v) is 12.0. The molecule has 3 amide bonds. The molecule has 0 radical (unpaired) electrons. The Labute approximate surface area is 212 Å². The Balaban J connectivity index is 1.83. The van der Waals surface area contributed by atoms with Crippen molar-refractivity contribution in [2.75, 3.05) is 11.9 Å². The van der Waals surface area contributed by atoms with Gasteiger partial charge in [0.05, 0.1) is 0 Å². The second-order valence-corrected chi connectivity index (χ2v) is 11.0. The molecule has 0 heterocycles. The van der Waals surface area contributed by atoms with E-state index in [2.05, 4.69) is 63.8 Å². The topological polar surface area (TPSA) is 96.5 Å². The van der Waals surface area contributed by atoms with E-state index in [-0.39, 0.29) is 36.2 Å². The van der Waals surface area contributed by atoms with Gasteiger partial charge in [-0.15, -0.1) is 0 Å². The fourth-order valence-electron chi connectivity index (χ4n) is 3.27. The Kier molecular flexibility index (Phi) is 9.32. The van der Waals surface area contributed by atoms with Crippen molar-refractivity contribution in [3.8, 4) is 5.75 Å². The summed E-state index contributed by atoms with van der Waals surface area (Å²) in [5.74, 6) is -0.688. The molecule has 0 aliphatic rings. The number of amides is 3. The highest BCUT2D eigenvalue weighted by Crippen LogP contribution is 2.35. The van der Waals surface area contributed by atoms with Crippen LogP contribution < -0.4 is 20.9 Å². The number of benzene rings is 2. The quantitative estimate of drug-likeness (QED) is 0.455. The van der Waals surface area contributed by atoms with Crippen LogP contribution in [0, 0.1) is 6.92 Å². The number of nitrogens with one attached hydrogen (secondary N) is 3. The third-order valence-corrected chi connectivity index (χ3v) is 5.88. The maximum atomic E-state index is 12.2. The van der Waals surface area contributed by atoms with Crippen molar-refractivity contribution < 1.29 is 19.1 Å². The van der Waals surface area contributed by atoms with Gasteiger partial charge < -0.3 is 10.1 Å². The van der Waals surface area contributed by atoms with E-state index in [4.69, 9.17) is 16.3 Å². The monoisotopic (exact) mass is 501 g/mol. The van der Waals surface area contributed by atoms with Crippen LogP contribution in [0.1, 0.15) is 71.1 Å². The van der Waals surface area contributed by atoms with E-state index in [0.29, 0.717) is 16.5 Å². The molecule has 190 valence electrons. The van der Waals surface area contributed by atoms with Gasteiger partial charge in [0, 0.05) is 23.6 Å². The van der Waals surface area contributed by atoms with Crippen LogP contribution in [0.15, 0.2) is 36.4 Å². The molecule has 0 saturated heterocycles. The molecule has 3 N–H and O–H groups in total. The van der Waals surface area contributed by atoms with Crippen molar-refractivity contribution in [1.29, 1.82) is 0 Å². The van der Waals surface area contributed by atoms with E-state index in [1.54, 1.807) is 25.1 Å². The van der Waals surface area contributed by atoms with Gasteiger partial charge in [-0.25, -0.2) is 0 Å².